The van der Waals surface area contributed by atoms with Crippen LogP contribution in [0.15, 0.2) is 0 Å². The first kappa shape index (κ1) is 7.38. The van der Waals surface area contributed by atoms with E-state index in [0.717, 1.165) is 5.41 Å². The number of rotatable bonds is 2. The molecular weight excluding hydrogens is 235 g/mol. The van der Waals surface area contributed by atoms with Crippen LogP contribution < -0.4 is 0 Å². The molecule has 60 valence electrons. The molecule has 0 nitrogen and oxygen atoms in total. The zero-order chi connectivity index (χ0) is 7.19. The molecule has 2 aliphatic heterocycles. The molecular formula is C9H17I. The zero-order valence-corrected chi connectivity index (χ0v) is 9.15. The van der Waals surface area contributed by atoms with Crippen molar-refractivity contribution in [2.24, 2.45) is 5.41 Å². The van der Waals surface area contributed by atoms with E-state index in [4.69, 9.17) is 0 Å². The van der Waals surface area contributed by atoms with Crippen molar-refractivity contribution in [3.63, 3.8) is 0 Å². The normalized spacial score (nSPS) is 47.4. The molecule has 1 unspecified atom stereocenters. The molecule has 0 amide bonds. The molecule has 2 rings (SSSR count). The van der Waals surface area contributed by atoms with E-state index in [1.807, 2.05) is 0 Å². The zero-order valence-electron chi connectivity index (χ0n) is 6.99. The summed E-state index contributed by atoms with van der Waals surface area (Å²) in [6, 6.07) is 0. The van der Waals surface area contributed by atoms with Crippen LogP contribution >= 0.6 is 19.8 Å². The third-order valence-corrected chi connectivity index (χ3v) is 9.97. The Labute approximate surface area is 71.2 Å². The first-order chi connectivity index (χ1) is 4.76. The Morgan fingerprint density at radius 1 is 1.60 bits per heavy atom. The molecule has 1 heteroatoms. The predicted molar refractivity (Wildman–Crippen MR) is 55.2 cm³/mol. The van der Waals surface area contributed by atoms with E-state index < -0.39 is 0 Å². The standard InChI is InChI=1S/C9H17I/c1-3-4-9(2)5-6-10-7-8(9)10/h8H,3-7H2,1-2H3/t8?,9-/m0/s1. The quantitative estimate of drug-likeness (QED) is 0.523. The number of hydrogen-bond acceptors (Lipinski definition) is 0. The Morgan fingerprint density at radius 2 is 2.40 bits per heavy atom. The molecule has 2 atom stereocenters. The summed E-state index contributed by atoms with van der Waals surface area (Å²) in [5.41, 5.74) is 0.847. The maximum absolute atomic E-state index is 2.55. The van der Waals surface area contributed by atoms with Crippen LogP contribution in [0.3, 0.4) is 0 Å². The Bertz CT molecular complexity index is 144. The summed E-state index contributed by atoms with van der Waals surface area (Å²) >= 11 is -0.193. The summed E-state index contributed by atoms with van der Waals surface area (Å²) in [4.78, 5) is 0. The van der Waals surface area contributed by atoms with Crippen molar-refractivity contribution < 1.29 is 0 Å². The van der Waals surface area contributed by atoms with Gasteiger partial charge in [-0.15, -0.1) is 0 Å². The van der Waals surface area contributed by atoms with Gasteiger partial charge in [0.05, 0.1) is 0 Å². The number of hydrogen-bond donors (Lipinski definition) is 0. The van der Waals surface area contributed by atoms with Crippen LogP contribution in [-0.2, 0) is 0 Å². The van der Waals surface area contributed by atoms with E-state index >= 15 is 0 Å². The van der Waals surface area contributed by atoms with Gasteiger partial charge in [-0.05, 0) is 0 Å². The molecule has 0 N–H and O–H groups in total. The second-order valence-electron chi connectivity index (χ2n) is 3.96. The van der Waals surface area contributed by atoms with Crippen molar-refractivity contribution >= 4 is 19.8 Å². The molecule has 2 aliphatic rings. The van der Waals surface area contributed by atoms with Crippen LogP contribution in [0, 0.1) is 5.41 Å². The number of halogens is 1. The van der Waals surface area contributed by atoms with Gasteiger partial charge in [0.15, 0.2) is 0 Å². The van der Waals surface area contributed by atoms with Gasteiger partial charge in [-0.25, -0.2) is 0 Å². The van der Waals surface area contributed by atoms with Crippen molar-refractivity contribution in [1.29, 1.82) is 0 Å². The summed E-state index contributed by atoms with van der Waals surface area (Å²) < 4.78 is 4.72. The summed E-state index contributed by atoms with van der Waals surface area (Å²) in [6.07, 6.45) is 4.53. The van der Waals surface area contributed by atoms with Gasteiger partial charge in [0.2, 0.25) is 0 Å². The molecule has 0 aromatic heterocycles. The molecule has 0 aromatic rings. The van der Waals surface area contributed by atoms with Gasteiger partial charge in [-0.3, -0.25) is 0 Å². The van der Waals surface area contributed by atoms with E-state index in [1.165, 1.54) is 16.8 Å². The third kappa shape index (κ3) is 1.01. The average Bonchev–Trinajstić information content (AvgIpc) is 2.58. The molecule has 2 fully saturated rings. The monoisotopic (exact) mass is 252 g/mol. The van der Waals surface area contributed by atoms with E-state index in [1.54, 1.807) is 15.3 Å². The topological polar surface area (TPSA) is 0 Å². The third-order valence-electron chi connectivity index (χ3n) is 3.09. The fraction of sp³-hybridized carbons (Fsp3) is 1.00. The van der Waals surface area contributed by atoms with E-state index in [-0.39, 0.29) is 19.8 Å². The van der Waals surface area contributed by atoms with E-state index in [0.29, 0.717) is 0 Å². The van der Waals surface area contributed by atoms with Gasteiger partial charge in [-0.2, -0.15) is 0 Å². The predicted octanol–water partition coefficient (Wildman–Crippen LogP) is 3.09. The summed E-state index contributed by atoms with van der Waals surface area (Å²) in [5, 5.41) is 0. The first-order valence-corrected chi connectivity index (χ1v) is 8.66. The molecule has 2 saturated heterocycles. The fourth-order valence-corrected chi connectivity index (χ4v) is 11.6. The van der Waals surface area contributed by atoms with Crippen molar-refractivity contribution in [1.82, 2.24) is 0 Å². The van der Waals surface area contributed by atoms with Crippen LogP contribution in [0.5, 0.6) is 0 Å². The van der Waals surface area contributed by atoms with Crippen LogP contribution in [0.1, 0.15) is 33.1 Å². The Kier molecular flexibility index (Phi) is 1.74. The molecule has 10 heavy (non-hydrogen) atoms. The molecule has 0 aliphatic carbocycles. The summed E-state index contributed by atoms with van der Waals surface area (Å²) in [6.45, 7) is 4.89. The van der Waals surface area contributed by atoms with Gasteiger partial charge in [0.25, 0.3) is 0 Å². The molecule has 0 saturated carbocycles. The SMILES string of the molecule is CCC[C@@]1(C)CCI2CC21. The number of alkyl halides is 3. The van der Waals surface area contributed by atoms with Gasteiger partial charge in [0.1, 0.15) is 0 Å². The molecule has 0 aromatic carbocycles. The minimum atomic E-state index is -0.193. The van der Waals surface area contributed by atoms with Gasteiger partial charge in [0, 0.05) is 0 Å². The van der Waals surface area contributed by atoms with Crippen molar-refractivity contribution in [2.45, 2.75) is 37.0 Å². The Balaban J connectivity index is 2.00. The second-order valence-corrected chi connectivity index (χ2v) is 10.3. The van der Waals surface area contributed by atoms with Crippen LogP contribution in [0.2, 0.25) is 0 Å². The van der Waals surface area contributed by atoms with Crippen LogP contribution in [0.25, 0.3) is 0 Å². The molecule has 0 bridgehead atoms. The first-order valence-electron chi connectivity index (χ1n) is 4.36. The van der Waals surface area contributed by atoms with Crippen molar-refractivity contribution in [2.75, 3.05) is 8.86 Å². The summed E-state index contributed by atoms with van der Waals surface area (Å²) in [5.74, 6) is 0. The Morgan fingerprint density at radius 3 is 2.80 bits per heavy atom. The van der Waals surface area contributed by atoms with E-state index in [2.05, 4.69) is 13.8 Å². The number of fused-ring (bicyclic) bond motifs is 1. The van der Waals surface area contributed by atoms with E-state index in [9.17, 15) is 0 Å². The van der Waals surface area contributed by atoms with Gasteiger partial charge in [-0.1, -0.05) is 0 Å². The van der Waals surface area contributed by atoms with Crippen LogP contribution in [-0.4, -0.2) is 12.8 Å². The molecule has 0 radical (unpaired) electrons. The van der Waals surface area contributed by atoms with Crippen molar-refractivity contribution in [3.05, 3.63) is 0 Å². The van der Waals surface area contributed by atoms with Gasteiger partial charge < -0.3 is 0 Å². The molecule has 2 heterocycles. The van der Waals surface area contributed by atoms with Gasteiger partial charge >= 0.3 is 71.1 Å². The molecule has 0 spiro atoms. The van der Waals surface area contributed by atoms with Crippen molar-refractivity contribution in [3.8, 4) is 0 Å². The second kappa shape index (κ2) is 2.36. The Hall–Kier alpha value is 0.730. The maximum atomic E-state index is 2.55. The average molecular weight is 252 g/mol. The minimum absolute atomic E-state index is 0.193. The summed E-state index contributed by atoms with van der Waals surface area (Å²) in [7, 11) is 0. The van der Waals surface area contributed by atoms with Crippen LogP contribution in [0.4, 0.5) is 0 Å². The fourth-order valence-electron chi connectivity index (χ4n) is 2.25.